The summed E-state index contributed by atoms with van der Waals surface area (Å²) in [5.41, 5.74) is 5.74. The average Bonchev–Trinajstić information content (AvgIpc) is 2.61. The molecule has 2 atom stereocenters. The Balaban J connectivity index is 2.03. The topological polar surface area (TPSA) is 29.3 Å². The molecule has 0 spiro atoms. The maximum Gasteiger partial charge on any atom is 0.418 e. The van der Waals surface area contributed by atoms with Gasteiger partial charge in [-0.2, -0.15) is 13.2 Å². The number of benzene rings is 1. The van der Waals surface area contributed by atoms with Crippen LogP contribution in [0.3, 0.4) is 0 Å². The highest BCUT2D eigenvalue weighted by Gasteiger charge is 2.43. The van der Waals surface area contributed by atoms with Crippen molar-refractivity contribution in [2.75, 3.05) is 4.90 Å². The molecule has 0 amide bonds. The molecule has 2 nitrogen and oxygen atoms in total. The lowest BCUT2D eigenvalue weighted by Gasteiger charge is -2.40. The van der Waals surface area contributed by atoms with Crippen LogP contribution in [0, 0.1) is 0 Å². The molecule has 0 radical (unpaired) electrons. The van der Waals surface area contributed by atoms with E-state index in [0.29, 0.717) is 10.2 Å². The highest BCUT2D eigenvalue weighted by molar-refractivity contribution is 9.10. The number of rotatable bonds is 1. The Kier molecular flexibility index (Phi) is 3.49. The van der Waals surface area contributed by atoms with Crippen LogP contribution in [0.4, 0.5) is 18.9 Å². The summed E-state index contributed by atoms with van der Waals surface area (Å²) >= 11 is 3.13. The number of nitrogens with zero attached hydrogens (tertiary/aromatic N) is 1. The van der Waals surface area contributed by atoms with Gasteiger partial charge < -0.3 is 10.6 Å². The molecule has 2 fully saturated rings. The highest BCUT2D eigenvalue weighted by Crippen LogP contribution is 2.45. The lowest BCUT2D eigenvalue weighted by atomic mass is 9.96. The van der Waals surface area contributed by atoms with Gasteiger partial charge in [-0.3, -0.25) is 0 Å². The van der Waals surface area contributed by atoms with Crippen LogP contribution in [0.2, 0.25) is 0 Å². The Hall–Kier alpha value is -0.750. The molecule has 110 valence electrons. The molecular formula is C14H16BrF3N2. The first-order chi connectivity index (χ1) is 9.36. The van der Waals surface area contributed by atoms with Crippen molar-refractivity contribution in [3.63, 3.8) is 0 Å². The lowest BCUT2D eigenvalue weighted by Crippen LogP contribution is -2.48. The number of fused-ring (bicyclic) bond motifs is 2. The van der Waals surface area contributed by atoms with E-state index in [1.807, 2.05) is 4.90 Å². The number of halogens is 4. The van der Waals surface area contributed by atoms with Gasteiger partial charge in [0.05, 0.1) is 5.56 Å². The van der Waals surface area contributed by atoms with Crippen molar-refractivity contribution in [2.24, 2.45) is 5.73 Å². The Labute approximate surface area is 124 Å². The zero-order valence-electron chi connectivity index (χ0n) is 10.8. The average molecular weight is 349 g/mol. The zero-order valence-corrected chi connectivity index (χ0v) is 12.4. The fourth-order valence-electron chi connectivity index (χ4n) is 3.57. The number of alkyl halides is 3. The number of nitrogens with two attached hydrogens (primary N) is 1. The fraction of sp³-hybridized carbons (Fsp3) is 0.571. The third kappa shape index (κ3) is 2.44. The van der Waals surface area contributed by atoms with Crippen molar-refractivity contribution in [3.8, 4) is 0 Å². The molecule has 2 aliphatic heterocycles. The predicted octanol–water partition coefficient (Wildman–Crippen LogP) is 3.93. The molecule has 0 aromatic heterocycles. The summed E-state index contributed by atoms with van der Waals surface area (Å²) in [6, 6.07) is 4.84. The quantitative estimate of drug-likeness (QED) is 0.833. The first kappa shape index (κ1) is 14.2. The number of hydrogen-bond acceptors (Lipinski definition) is 2. The van der Waals surface area contributed by atoms with E-state index < -0.39 is 11.7 Å². The van der Waals surface area contributed by atoms with Crippen LogP contribution in [0.25, 0.3) is 0 Å². The minimum absolute atomic E-state index is 0.119. The minimum atomic E-state index is -4.34. The number of anilines is 1. The van der Waals surface area contributed by atoms with Gasteiger partial charge in [-0.15, -0.1) is 0 Å². The van der Waals surface area contributed by atoms with E-state index in [2.05, 4.69) is 15.9 Å². The van der Waals surface area contributed by atoms with E-state index in [0.717, 1.165) is 25.7 Å². The molecule has 1 aromatic rings. The molecule has 2 N–H and O–H groups in total. The van der Waals surface area contributed by atoms with E-state index in [9.17, 15) is 13.2 Å². The van der Waals surface area contributed by atoms with Gasteiger partial charge >= 0.3 is 6.18 Å². The van der Waals surface area contributed by atoms with Crippen molar-refractivity contribution in [1.29, 1.82) is 0 Å². The van der Waals surface area contributed by atoms with E-state index in [1.165, 1.54) is 6.07 Å². The van der Waals surface area contributed by atoms with Crippen molar-refractivity contribution in [1.82, 2.24) is 0 Å². The Bertz CT molecular complexity index is 504. The lowest BCUT2D eigenvalue weighted by molar-refractivity contribution is -0.137. The Morgan fingerprint density at radius 1 is 1.15 bits per heavy atom. The largest absolute Gasteiger partial charge is 0.418 e. The van der Waals surface area contributed by atoms with Gasteiger partial charge in [0, 0.05) is 28.3 Å². The second kappa shape index (κ2) is 4.91. The second-order valence-corrected chi connectivity index (χ2v) is 6.60. The third-order valence-corrected chi connectivity index (χ3v) is 4.80. The van der Waals surface area contributed by atoms with Crippen LogP contribution in [0.1, 0.15) is 31.2 Å². The second-order valence-electron chi connectivity index (χ2n) is 5.68. The zero-order chi connectivity index (χ0) is 14.5. The first-order valence-corrected chi connectivity index (χ1v) is 7.56. The summed E-state index contributed by atoms with van der Waals surface area (Å²) in [7, 11) is 0. The summed E-state index contributed by atoms with van der Waals surface area (Å²) < 4.78 is 40.2. The molecule has 2 aliphatic rings. The van der Waals surface area contributed by atoms with Gasteiger partial charge in [-0.1, -0.05) is 15.9 Å². The summed E-state index contributed by atoms with van der Waals surface area (Å²) in [6.45, 7) is 0. The van der Waals surface area contributed by atoms with Crippen LogP contribution >= 0.6 is 15.9 Å². The van der Waals surface area contributed by atoms with Gasteiger partial charge in [0.25, 0.3) is 0 Å². The summed E-state index contributed by atoms with van der Waals surface area (Å²) in [5.74, 6) is 0. The van der Waals surface area contributed by atoms with Crippen molar-refractivity contribution in [3.05, 3.63) is 28.2 Å². The number of hydrogen-bond donors (Lipinski definition) is 1. The Morgan fingerprint density at radius 2 is 1.75 bits per heavy atom. The van der Waals surface area contributed by atoms with Crippen LogP contribution in [0.5, 0.6) is 0 Å². The van der Waals surface area contributed by atoms with E-state index in [1.54, 1.807) is 12.1 Å². The molecule has 2 bridgehead atoms. The normalized spacial score (nSPS) is 29.9. The molecule has 2 saturated heterocycles. The first-order valence-electron chi connectivity index (χ1n) is 6.77. The molecule has 0 aliphatic carbocycles. The van der Waals surface area contributed by atoms with Crippen molar-refractivity contribution in [2.45, 2.75) is 50.0 Å². The Morgan fingerprint density at radius 3 is 2.30 bits per heavy atom. The highest BCUT2D eigenvalue weighted by atomic mass is 79.9. The molecule has 2 heterocycles. The molecule has 2 unspecified atom stereocenters. The SMILES string of the molecule is NC1CC2CCC(C1)N2c1ccc(Br)cc1C(F)(F)F. The van der Waals surface area contributed by atoms with Gasteiger partial charge in [-0.25, -0.2) is 0 Å². The third-order valence-electron chi connectivity index (χ3n) is 4.31. The van der Waals surface area contributed by atoms with Crippen LogP contribution in [-0.2, 0) is 6.18 Å². The van der Waals surface area contributed by atoms with Gasteiger partial charge in [0.2, 0.25) is 0 Å². The van der Waals surface area contributed by atoms with Gasteiger partial charge in [0.1, 0.15) is 0 Å². The number of piperidine rings is 1. The summed E-state index contributed by atoms with van der Waals surface area (Å²) in [4.78, 5) is 1.96. The monoisotopic (exact) mass is 348 g/mol. The standard InChI is InChI=1S/C14H16BrF3N2/c15-8-1-4-13(12(5-8)14(16,17)18)20-10-2-3-11(20)7-9(19)6-10/h1,4-5,9-11H,2-3,6-7,19H2. The molecule has 1 aromatic carbocycles. The van der Waals surface area contributed by atoms with E-state index >= 15 is 0 Å². The predicted molar refractivity (Wildman–Crippen MR) is 75.6 cm³/mol. The van der Waals surface area contributed by atoms with E-state index in [4.69, 9.17) is 5.73 Å². The smallest absolute Gasteiger partial charge is 0.365 e. The molecule has 3 rings (SSSR count). The van der Waals surface area contributed by atoms with Crippen LogP contribution < -0.4 is 10.6 Å². The van der Waals surface area contributed by atoms with Gasteiger partial charge in [0.15, 0.2) is 0 Å². The van der Waals surface area contributed by atoms with Gasteiger partial charge in [-0.05, 0) is 43.9 Å². The maximum absolute atomic E-state index is 13.3. The van der Waals surface area contributed by atoms with Crippen molar-refractivity contribution < 1.29 is 13.2 Å². The fourth-order valence-corrected chi connectivity index (χ4v) is 3.93. The van der Waals surface area contributed by atoms with Crippen LogP contribution in [0.15, 0.2) is 22.7 Å². The molecule has 0 saturated carbocycles. The molecule has 6 heteroatoms. The minimum Gasteiger partial charge on any atom is -0.365 e. The van der Waals surface area contributed by atoms with E-state index in [-0.39, 0.29) is 18.1 Å². The summed E-state index contributed by atoms with van der Waals surface area (Å²) in [6.07, 6.45) is -0.900. The van der Waals surface area contributed by atoms with Crippen LogP contribution in [-0.4, -0.2) is 18.1 Å². The molecular weight excluding hydrogens is 333 g/mol. The maximum atomic E-state index is 13.3. The molecule has 20 heavy (non-hydrogen) atoms. The van der Waals surface area contributed by atoms with Crippen molar-refractivity contribution >= 4 is 21.6 Å². The summed E-state index contributed by atoms with van der Waals surface area (Å²) in [5, 5.41) is 0.